The number of nitrogens with two attached hydrogens (primary N) is 1. The molecule has 0 aliphatic heterocycles. The van der Waals surface area contributed by atoms with Gasteiger partial charge in [0.25, 0.3) is 0 Å². The fourth-order valence-corrected chi connectivity index (χ4v) is 5.02. The van der Waals surface area contributed by atoms with Crippen molar-refractivity contribution in [3.8, 4) is 22.3 Å². The van der Waals surface area contributed by atoms with Gasteiger partial charge in [-0.3, -0.25) is 0 Å². The van der Waals surface area contributed by atoms with E-state index in [1.54, 1.807) is 0 Å². The molecule has 0 aromatic heterocycles. The summed E-state index contributed by atoms with van der Waals surface area (Å²) in [7, 11) is 0. The lowest BCUT2D eigenvalue weighted by atomic mass is 9.67. The molecule has 3 aromatic rings. The number of hydrogen-bond acceptors (Lipinski definition) is 1. The zero-order valence-electron chi connectivity index (χ0n) is 14.5. The third kappa shape index (κ3) is 2.15. The molecule has 0 amide bonds. The topological polar surface area (TPSA) is 26.0 Å². The van der Waals surface area contributed by atoms with E-state index >= 15 is 0 Å². The normalized spacial score (nSPS) is 17.3. The summed E-state index contributed by atoms with van der Waals surface area (Å²) in [5.41, 5.74) is 15.7. The number of rotatable bonds is 1. The van der Waals surface area contributed by atoms with Crippen LogP contribution in [0.5, 0.6) is 0 Å². The second-order valence-corrected chi connectivity index (χ2v) is 7.57. The third-order valence-corrected chi connectivity index (χ3v) is 6.20. The van der Waals surface area contributed by atoms with Crippen LogP contribution in [0.1, 0.15) is 43.2 Å². The second kappa shape index (κ2) is 5.49. The van der Waals surface area contributed by atoms with Crippen molar-refractivity contribution >= 4 is 5.69 Å². The number of benzene rings is 3. The molecule has 1 nitrogen and oxygen atoms in total. The van der Waals surface area contributed by atoms with Gasteiger partial charge >= 0.3 is 0 Å². The summed E-state index contributed by atoms with van der Waals surface area (Å²) in [6, 6.07) is 24.3. The van der Waals surface area contributed by atoms with Crippen molar-refractivity contribution in [2.45, 2.75) is 37.5 Å². The molecular weight excluding hydrogens is 302 g/mol. The molecule has 25 heavy (non-hydrogen) atoms. The molecule has 2 aliphatic carbocycles. The van der Waals surface area contributed by atoms with Crippen molar-refractivity contribution in [2.24, 2.45) is 0 Å². The quantitative estimate of drug-likeness (QED) is 0.532. The lowest BCUT2D eigenvalue weighted by Gasteiger charge is -2.36. The molecule has 1 fully saturated rings. The Morgan fingerprint density at radius 3 is 2.08 bits per heavy atom. The average molecular weight is 325 g/mol. The molecule has 124 valence electrons. The summed E-state index contributed by atoms with van der Waals surface area (Å²) in [6.07, 6.45) is 6.46. The Labute approximate surface area is 149 Å². The zero-order valence-corrected chi connectivity index (χ0v) is 14.5. The molecule has 0 bridgehead atoms. The van der Waals surface area contributed by atoms with E-state index in [4.69, 9.17) is 5.73 Å². The van der Waals surface area contributed by atoms with Crippen LogP contribution in [-0.2, 0) is 5.41 Å². The molecule has 0 atom stereocenters. The number of anilines is 1. The number of fused-ring (bicyclic) bond motifs is 5. The van der Waals surface area contributed by atoms with E-state index in [0.29, 0.717) is 0 Å². The van der Waals surface area contributed by atoms with E-state index in [9.17, 15) is 0 Å². The Morgan fingerprint density at radius 1 is 0.640 bits per heavy atom. The van der Waals surface area contributed by atoms with Crippen LogP contribution in [0.15, 0.2) is 66.7 Å². The van der Waals surface area contributed by atoms with Crippen LogP contribution < -0.4 is 5.73 Å². The predicted molar refractivity (Wildman–Crippen MR) is 106 cm³/mol. The van der Waals surface area contributed by atoms with E-state index < -0.39 is 0 Å². The molecule has 0 radical (unpaired) electrons. The van der Waals surface area contributed by atoms with Gasteiger partial charge in [0, 0.05) is 11.1 Å². The van der Waals surface area contributed by atoms with E-state index in [1.165, 1.54) is 65.5 Å². The third-order valence-electron chi connectivity index (χ3n) is 6.20. The van der Waals surface area contributed by atoms with E-state index in [1.807, 2.05) is 0 Å². The van der Waals surface area contributed by atoms with Crippen molar-refractivity contribution in [1.29, 1.82) is 0 Å². The molecular formula is C24H23N. The Morgan fingerprint density at radius 2 is 1.32 bits per heavy atom. The molecule has 5 rings (SSSR count). The van der Waals surface area contributed by atoms with Gasteiger partial charge in [-0.1, -0.05) is 67.8 Å². The minimum absolute atomic E-state index is 0.170. The highest BCUT2D eigenvalue weighted by atomic mass is 14.6. The largest absolute Gasteiger partial charge is 0.399 e. The summed E-state index contributed by atoms with van der Waals surface area (Å²) in [6.45, 7) is 0. The standard InChI is InChI=1S/C24H23N/c25-19-10-12-21-20-11-9-18(17-7-3-1-4-8-17)15-22(20)24(23(21)16-19)13-5-2-6-14-24/h1,3-4,7-12,15-16H,2,5-6,13-14,25H2. The van der Waals surface area contributed by atoms with Crippen LogP contribution in [-0.4, -0.2) is 0 Å². The first-order valence-electron chi connectivity index (χ1n) is 9.38. The van der Waals surface area contributed by atoms with Crippen molar-refractivity contribution in [1.82, 2.24) is 0 Å². The predicted octanol–water partition coefficient (Wildman–Crippen LogP) is 6.17. The van der Waals surface area contributed by atoms with E-state index in [0.717, 1.165) is 5.69 Å². The van der Waals surface area contributed by atoms with Gasteiger partial charge in [0.2, 0.25) is 0 Å². The molecule has 1 heteroatoms. The fraction of sp³-hybridized carbons (Fsp3) is 0.250. The van der Waals surface area contributed by atoms with Gasteiger partial charge < -0.3 is 5.73 Å². The summed E-state index contributed by atoms with van der Waals surface area (Å²) < 4.78 is 0. The van der Waals surface area contributed by atoms with Gasteiger partial charge in [0.05, 0.1) is 0 Å². The first-order valence-corrected chi connectivity index (χ1v) is 9.38. The first-order chi connectivity index (χ1) is 12.3. The molecule has 1 saturated carbocycles. The number of hydrogen-bond donors (Lipinski definition) is 1. The maximum absolute atomic E-state index is 6.18. The Bertz CT molecular complexity index is 934. The lowest BCUT2D eigenvalue weighted by Crippen LogP contribution is -2.28. The smallest absolute Gasteiger partial charge is 0.0317 e. The number of nitrogen functional groups attached to an aromatic ring is 1. The highest BCUT2D eigenvalue weighted by Crippen LogP contribution is 2.56. The maximum atomic E-state index is 6.18. The highest BCUT2D eigenvalue weighted by Gasteiger charge is 2.43. The van der Waals surface area contributed by atoms with Crippen LogP contribution in [0, 0.1) is 0 Å². The minimum Gasteiger partial charge on any atom is -0.399 e. The Balaban J connectivity index is 1.75. The molecule has 2 N–H and O–H groups in total. The van der Waals surface area contributed by atoms with E-state index in [2.05, 4.69) is 66.7 Å². The van der Waals surface area contributed by atoms with Gasteiger partial charge in [0.1, 0.15) is 0 Å². The molecule has 0 unspecified atom stereocenters. The summed E-state index contributed by atoms with van der Waals surface area (Å²) in [5.74, 6) is 0. The van der Waals surface area contributed by atoms with Gasteiger partial charge in [-0.15, -0.1) is 0 Å². The van der Waals surface area contributed by atoms with Crippen molar-refractivity contribution in [3.63, 3.8) is 0 Å². The average Bonchev–Trinajstić information content (AvgIpc) is 2.92. The molecule has 2 aliphatic rings. The highest BCUT2D eigenvalue weighted by molar-refractivity contribution is 5.85. The van der Waals surface area contributed by atoms with Gasteiger partial charge in [-0.25, -0.2) is 0 Å². The maximum Gasteiger partial charge on any atom is 0.0317 e. The summed E-state index contributed by atoms with van der Waals surface area (Å²) in [5, 5.41) is 0. The lowest BCUT2D eigenvalue weighted by molar-refractivity contribution is 0.353. The molecule has 3 aromatic carbocycles. The minimum atomic E-state index is 0.170. The summed E-state index contributed by atoms with van der Waals surface area (Å²) >= 11 is 0. The fourth-order valence-electron chi connectivity index (χ4n) is 5.02. The monoisotopic (exact) mass is 325 g/mol. The van der Waals surface area contributed by atoms with Crippen LogP contribution in [0.25, 0.3) is 22.3 Å². The van der Waals surface area contributed by atoms with Crippen LogP contribution in [0.4, 0.5) is 5.69 Å². The van der Waals surface area contributed by atoms with Gasteiger partial charge in [-0.2, -0.15) is 0 Å². The molecule has 0 heterocycles. The van der Waals surface area contributed by atoms with Crippen molar-refractivity contribution in [3.05, 3.63) is 77.9 Å². The SMILES string of the molecule is Nc1ccc2c(c1)C1(CCCCC1)c1cc(-c3ccccc3)ccc1-2. The summed E-state index contributed by atoms with van der Waals surface area (Å²) in [4.78, 5) is 0. The van der Waals surface area contributed by atoms with Gasteiger partial charge in [0.15, 0.2) is 0 Å². The van der Waals surface area contributed by atoms with Crippen LogP contribution >= 0.6 is 0 Å². The first kappa shape index (κ1) is 14.8. The van der Waals surface area contributed by atoms with Crippen molar-refractivity contribution in [2.75, 3.05) is 5.73 Å². The Kier molecular flexibility index (Phi) is 3.24. The zero-order chi connectivity index (χ0) is 16.9. The van der Waals surface area contributed by atoms with Crippen molar-refractivity contribution < 1.29 is 0 Å². The molecule has 0 saturated heterocycles. The Hall–Kier alpha value is -2.54. The van der Waals surface area contributed by atoms with Crippen LogP contribution in [0.2, 0.25) is 0 Å². The second-order valence-electron chi connectivity index (χ2n) is 7.57. The van der Waals surface area contributed by atoms with Crippen LogP contribution in [0.3, 0.4) is 0 Å². The van der Waals surface area contributed by atoms with E-state index in [-0.39, 0.29) is 5.41 Å². The van der Waals surface area contributed by atoms with Gasteiger partial charge in [-0.05, 0) is 64.4 Å². The molecule has 1 spiro atoms.